The molecule has 0 unspecified atom stereocenters. The van der Waals surface area contributed by atoms with Crippen molar-refractivity contribution in [3.63, 3.8) is 0 Å². The van der Waals surface area contributed by atoms with E-state index in [1.807, 2.05) is 35.7 Å². The summed E-state index contributed by atoms with van der Waals surface area (Å²) in [5, 5.41) is 14.0. The third-order valence-corrected chi connectivity index (χ3v) is 3.54. The zero-order valence-electron chi connectivity index (χ0n) is 8.55. The maximum Gasteiger partial charge on any atom is 0.116 e. The minimum Gasteiger partial charge on any atom is -0.508 e. The Balaban J connectivity index is 2.39. The summed E-state index contributed by atoms with van der Waals surface area (Å²) >= 11 is 1.69. The van der Waals surface area contributed by atoms with E-state index in [0.29, 0.717) is 5.75 Å². The van der Waals surface area contributed by atoms with Crippen LogP contribution in [0.15, 0.2) is 53.9 Å². The van der Waals surface area contributed by atoms with Gasteiger partial charge in [0, 0.05) is 10.4 Å². The van der Waals surface area contributed by atoms with Crippen LogP contribution in [0.25, 0.3) is 21.2 Å². The molecular weight excluding hydrogens is 216 g/mol. The van der Waals surface area contributed by atoms with Gasteiger partial charge in [0.15, 0.2) is 0 Å². The first-order valence-electron chi connectivity index (χ1n) is 5.10. The maximum atomic E-state index is 9.71. The van der Waals surface area contributed by atoms with Crippen LogP contribution < -0.4 is 0 Å². The largest absolute Gasteiger partial charge is 0.508 e. The lowest BCUT2D eigenvalue weighted by Gasteiger charge is -2.05. The fraction of sp³-hybridized carbons (Fsp3) is 0. The van der Waals surface area contributed by atoms with E-state index >= 15 is 0 Å². The number of fused-ring (bicyclic) bond motifs is 1. The quantitative estimate of drug-likeness (QED) is 0.656. The van der Waals surface area contributed by atoms with Crippen molar-refractivity contribution in [2.75, 3.05) is 0 Å². The van der Waals surface area contributed by atoms with Crippen LogP contribution in [0.5, 0.6) is 5.75 Å². The number of phenolic OH excluding ortho intramolecular Hbond substituents is 1. The predicted octanol–water partition coefficient (Wildman–Crippen LogP) is 4.27. The fourth-order valence-electron chi connectivity index (χ4n) is 1.93. The van der Waals surface area contributed by atoms with Crippen molar-refractivity contribution < 1.29 is 5.11 Å². The molecule has 2 heteroatoms. The number of phenols is 1. The molecule has 0 amide bonds. The highest BCUT2D eigenvalue weighted by atomic mass is 32.1. The number of rotatable bonds is 1. The number of aromatic hydroxyl groups is 1. The number of hydrogen-bond donors (Lipinski definition) is 1. The zero-order valence-corrected chi connectivity index (χ0v) is 9.37. The third-order valence-electron chi connectivity index (χ3n) is 2.63. The van der Waals surface area contributed by atoms with Gasteiger partial charge >= 0.3 is 0 Å². The van der Waals surface area contributed by atoms with E-state index < -0.39 is 0 Å². The van der Waals surface area contributed by atoms with Gasteiger partial charge in [-0.2, -0.15) is 0 Å². The maximum absolute atomic E-state index is 9.71. The van der Waals surface area contributed by atoms with Gasteiger partial charge in [-0.15, -0.1) is 11.3 Å². The average molecular weight is 226 g/mol. The van der Waals surface area contributed by atoms with Crippen molar-refractivity contribution >= 4 is 22.1 Å². The molecule has 3 aromatic rings. The van der Waals surface area contributed by atoms with Crippen molar-refractivity contribution in [3.8, 4) is 16.2 Å². The molecular formula is C14H10OS. The van der Waals surface area contributed by atoms with Crippen molar-refractivity contribution in [1.82, 2.24) is 0 Å². The monoisotopic (exact) mass is 226 g/mol. The lowest BCUT2D eigenvalue weighted by Crippen LogP contribution is -1.78. The molecule has 0 bridgehead atoms. The zero-order chi connectivity index (χ0) is 11.0. The molecule has 0 aliphatic rings. The predicted molar refractivity (Wildman–Crippen MR) is 68.9 cm³/mol. The van der Waals surface area contributed by atoms with Crippen LogP contribution in [0, 0.1) is 0 Å². The van der Waals surface area contributed by atoms with E-state index in [1.165, 1.54) is 10.3 Å². The van der Waals surface area contributed by atoms with Crippen LogP contribution in [0.1, 0.15) is 0 Å². The van der Waals surface area contributed by atoms with E-state index in [4.69, 9.17) is 0 Å². The van der Waals surface area contributed by atoms with E-state index in [9.17, 15) is 5.11 Å². The molecule has 16 heavy (non-hydrogen) atoms. The number of hydrogen-bond acceptors (Lipinski definition) is 2. The second-order valence-corrected chi connectivity index (χ2v) is 4.64. The Bertz CT molecular complexity index is 626. The lowest BCUT2D eigenvalue weighted by molar-refractivity contribution is 0.476. The van der Waals surface area contributed by atoms with Crippen LogP contribution in [-0.4, -0.2) is 5.11 Å². The van der Waals surface area contributed by atoms with Crippen molar-refractivity contribution in [1.29, 1.82) is 0 Å². The van der Waals surface area contributed by atoms with E-state index in [0.717, 1.165) is 10.9 Å². The Labute approximate surface area is 97.6 Å². The van der Waals surface area contributed by atoms with Crippen LogP contribution in [0.3, 0.4) is 0 Å². The molecule has 0 aliphatic heterocycles. The van der Waals surface area contributed by atoms with Crippen LogP contribution in [-0.2, 0) is 0 Å². The Morgan fingerprint density at radius 3 is 2.62 bits per heavy atom. The third kappa shape index (κ3) is 1.48. The van der Waals surface area contributed by atoms with Gasteiger partial charge in [0.05, 0.1) is 0 Å². The van der Waals surface area contributed by atoms with Crippen molar-refractivity contribution in [2.24, 2.45) is 0 Å². The molecule has 1 nitrogen and oxygen atoms in total. The SMILES string of the molecule is Oc1cc(-c2cccs2)c2ccccc2c1. The topological polar surface area (TPSA) is 20.2 Å². The second kappa shape index (κ2) is 3.65. The van der Waals surface area contributed by atoms with Gasteiger partial charge in [0.1, 0.15) is 5.75 Å². The molecule has 0 atom stereocenters. The lowest BCUT2D eigenvalue weighted by atomic mass is 10.0. The van der Waals surface area contributed by atoms with E-state index in [2.05, 4.69) is 12.1 Å². The average Bonchev–Trinajstić information content (AvgIpc) is 2.81. The van der Waals surface area contributed by atoms with Crippen LogP contribution >= 0.6 is 11.3 Å². The molecule has 78 valence electrons. The highest BCUT2D eigenvalue weighted by Gasteiger charge is 2.06. The van der Waals surface area contributed by atoms with Crippen molar-refractivity contribution in [3.05, 3.63) is 53.9 Å². The highest BCUT2D eigenvalue weighted by molar-refractivity contribution is 7.13. The minimum absolute atomic E-state index is 0.321. The Morgan fingerprint density at radius 2 is 1.81 bits per heavy atom. The summed E-state index contributed by atoms with van der Waals surface area (Å²) in [5.41, 5.74) is 1.10. The summed E-state index contributed by atoms with van der Waals surface area (Å²) in [6.45, 7) is 0. The van der Waals surface area contributed by atoms with Gasteiger partial charge in [-0.3, -0.25) is 0 Å². The Hall–Kier alpha value is -1.80. The summed E-state index contributed by atoms with van der Waals surface area (Å²) in [4.78, 5) is 1.19. The van der Waals surface area contributed by atoms with Gasteiger partial charge in [0.25, 0.3) is 0 Å². The minimum atomic E-state index is 0.321. The van der Waals surface area contributed by atoms with Gasteiger partial charge in [-0.05, 0) is 34.4 Å². The Morgan fingerprint density at radius 1 is 0.938 bits per heavy atom. The molecule has 3 rings (SSSR count). The molecule has 0 radical (unpaired) electrons. The molecule has 0 saturated carbocycles. The Kier molecular flexibility index (Phi) is 2.15. The van der Waals surface area contributed by atoms with E-state index in [1.54, 1.807) is 17.4 Å². The fourth-order valence-corrected chi connectivity index (χ4v) is 2.69. The van der Waals surface area contributed by atoms with E-state index in [-0.39, 0.29) is 0 Å². The molecule has 0 spiro atoms. The number of benzene rings is 2. The second-order valence-electron chi connectivity index (χ2n) is 3.69. The molecule has 1 aromatic heterocycles. The summed E-state index contributed by atoms with van der Waals surface area (Å²) in [6.07, 6.45) is 0. The molecule has 1 N–H and O–H groups in total. The summed E-state index contributed by atoms with van der Waals surface area (Å²) < 4.78 is 0. The van der Waals surface area contributed by atoms with Crippen LogP contribution in [0.4, 0.5) is 0 Å². The van der Waals surface area contributed by atoms with Gasteiger partial charge < -0.3 is 5.11 Å². The summed E-state index contributed by atoms with van der Waals surface area (Å²) in [7, 11) is 0. The molecule has 2 aromatic carbocycles. The molecule has 0 saturated heterocycles. The first-order valence-corrected chi connectivity index (χ1v) is 5.98. The normalized spacial score (nSPS) is 10.8. The van der Waals surface area contributed by atoms with Crippen LogP contribution in [0.2, 0.25) is 0 Å². The number of thiophene rings is 1. The molecule has 0 aliphatic carbocycles. The first-order chi connectivity index (χ1) is 7.84. The summed E-state index contributed by atoms with van der Waals surface area (Å²) in [5.74, 6) is 0.321. The smallest absolute Gasteiger partial charge is 0.116 e. The van der Waals surface area contributed by atoms with Gasteiger partial charge in [0.2, 0.25) is 0 Å². The first kappa shape index (κ1) is 9.43. The molecule has 1 heterocycles. The standard InChI is InChI=1S/C14H10OS/c15-11-8-10-4-1-2-5-12(10)13(9-11)14-6-3-7-16-14/h1-9,15H. The van der Waals surface area contributed by atoms with Gasteiger partial charge in [-0.25, -0.2) is 0 Å². The highest BCUT2D eigenvalue weighted by Crippen LogP contribution is 2.34. The summed E-state index contributed by atoms with van der Waals surface area (Å²) in [6, 6.07) is 15.8. The van der Waals surface area contributed by atoms with Crippen molar-refractivity contribution in [2.45, 2.75) is 0 Å². The molecule has 0 fully saturated rings. The van der Waals surface area contributed by atoms with Gasteiger partial charge in [-0.1, -0.05) is 30.3 Å².